The number of rotatable bonds is 4. The number of hydrogen-bond acceptors (Lipinski definition) is 3. The molecule has 1 atom stereocenters. The Balaban J connectivity index is 2.21. The van der Waals surface area contributed by atoms with Crippen LogP contribution in [-0.4, -0.2) is 14.8 Å². The highest BCUT2D eigenvalue weighted by atomic mass is 79.9. The molecule has 4 nitrogen and oxygen atoms in total. The maximum atomic E-state index is 13.2. The number of hydrogen-bond donors (Lipinski definition) is 1. The highest BCUT2D eigenvalue weighted by Gasteiger charge is 2.14. The summed E-state index contributed by atoms with van der Waals surface area (Å²) in [6.07, 6.45) is 2.03. The van der Waals surface area contributed by atoms with Gasteiger partial charge in [0.1, 0.15) is 18.0 Å². The molecule has 18 heavy (non-hydrogen) atoms. The fraction of sp³-hybridized carbons (Fsp3) is 0.333. The van der Waals surface area contributed by atoms with Crippen molar-refractivity contribution in [3.05, 3.63) is 46.2 Å². The lowest BCUT2D eigenvalue weighted by Gasteiger charge is -2.14. The monoisotopic (exact) mass is 312 g/mol. The van der Waals surface area contributed by atoms with E-state index in [4.69, 9.17) is 5.73 Å². The normalized spacial score (nSPS) is 12.7. The molecule has 0 saturated heterocycles. The van der Waals surface area contributed by atoms with Crippen molar-refractivity contribution in [2.45, 2.75) is 25.9 Å². The molecule has 1 unspecified atom stereocenters. The summed E-state index contributed by atoms with van der Waals surface area (Å²) >= 11 is 3.38. The van der Waals surface area contributed by atoms with E-state index in [0.29, 0.717) is 6.42 Å². The van der Waals surface area contributed by atoms with Crippen molar-refractivity contribution in [2.24, 2.45) is 5.73 Å². The molecule has 1 heterocycles. The van der Waals surface area contributed by atoms with E-state index in [1.54, 1.807) is 10.7 Å². The first-order valence-corrected chi connectivity index (χ1v) is 6.48. The summed E-state index contributed by atoms with van der Waals surface area (Å²) in [7, 11) is 0. The molecule has 1 aromatic carbocycles. The second-order valence-electron chi connectivity index (χ2n) is 3.97. The number of nitrogens with zero attached hydrogens (tertiary/aromatic N) is 3. The van der Waals surface area contributed by atoms with Crippen LogP contribution in [0.5, 0.6) is 0 Å². The van der Waals surface area contributed by atoms with Crippen molar-refractivity contribution in [1.29, 1.82) is 0 Å². The Morgan fingerprint density at radius 3 is 3.00 bits per heavy atom. The van der Waals surface area contributed by atoms with Gasteiger partial charge in [0.05, 0.1) is 0 Å². The predicted octanol–water partition coefficient (Wildman–Crippen LogP) is 2.44. The van der Waals surface area contributed by atoms with Crippen molar-refractivity contribution < 1.29 is 4.39 Å². The largest absolute Gasteiger partial charge is 0.324 e. The minimum absolute atomic E-state index is 0.291. The lowest BCUT2D eigenvalue weighted by Crippen LogP contribution is -2.17. The molecule has 0 aliphatic rings. The number of benzene rings is 1. The summed E-state index contributed by atoms with van der Waals surface area (Å²) in [6.45, 7) is 2.73. The average molecular weight is 313 g/mol. The SMILES string of the molecule is CCn1ncnc1CC(N)c1cc(F)ccc1Br. The van der Waals surface area contributed by atoms with Crippen LogP contribution in [0.4, 0.5) is 4.39 Å². The van der Waals surface area contributed by atoms with Crippen LogP contribution in [0, 0.1) is 5.82 Å². The van der Waals surface area contributed by atoms with Gasteiger partial charge in [-0.1, -0.05) is 15.9 Å². The Morgan fingerprint density at radius 2 is 2.28 bits per heavy atom. The third-order valence-corrected chi connectivity index (χ3v) is 3.48. The van der Waals surface area contributed by atoms with Gasteiger partial charge in [0.15, 0.2) is 0 Å². The van der Waals surface area contributed by atoms with E-state index in [0.717, 1.165) is 22.4 Å². The molecule has 0 spiro atoms. The van der Waals surface area contributed by atoms with E-state index in [1.807, 2.05) is 6.92 Å². The molecule has 0 aliphatic heterocycles. The predicted molar refractivity (Wildman–Crippen MR) is 70.4 cm³/mol. The van der Waals surface area contributed by atoms with Crippen LogP contribution in [0.2, 0.25) is 0 Å². The Kier molecular flexibility index (Phi) is 4.08. The average Bonchev–Trinajstić information content (AvgIpc) is 2.79. The molecule has 96 valence electrons. The maximum Gasteiger partial charge on any atom is 0.138 e. The van der Waals surface area contributed by atoms with Gasteiger partial charge in [0.2, 0.25) is 0 Å². The van der Waals surface area contributed by atoms with Crippen molar-refractivity contribution >= 4 is 15.9 Å². The number of halogens is 2. The Hall–Kier alpha value is -1.27. The van der Waals surface area contributed by atoms with Crippen LogP contribution < -0.4 is 5.73 Å². The fourth-order valence-corrected chi connectivity index (χ4v) is 2.36. The van der Waals surface area contributed by atoms with E-state index in [1.165, 1.54) is 18.5 Å². The molecule has 2 N–H and O–H groups in total. The first kappa shape index (κ1) is 13.2. The van der Waals surface area contributed by atoms with Crippen molar-refractivity contribution in [3.8, 4) is 0 Å². The van der Waals surface area contributed by atoms with Gasteiger partial charge in [-0.25, -0.2) is 9.37 Å². The molecule has 0 aliphatic carbocycles. The Morgan fingerprint density at radius 1 is 1.50 bits per heavy atom. The Labute approximate surface area is 113 Å². The van der Waals surface area contributed by atoms with Crippen molar-refractivity contribution in [1.82, 2.24) is 14.8 Å². The summed E-state index contributed by atoms with van der Waals surface area (Å²) in [5, 5.41) is 4.09. The van der Waals surface area contributed by atoms with Crippen LogP contribution in [0.3, 0.4) is 0 Å². The quantitative estimate of drug-likeness (QED) is 0.943. The highest BCUT2D eigenvalue weighted by Crippen LogP contribution is 2.24. The molecule has 0 amide bonds. The zero-order valence-corrected chi connectivity index (χ0v) is 11.6. The van der Waals surface area contributed by atoms with Crippen LogP contribution >= 0.6 is 15.9 Å². The van der Waals surface area contributed by atoms with E-state index in [-0.39, 0.29) is 11.9 Å². The summed E-state index contributed by atoms with van der Waals surface area (Å²) in [5.74, 6) is 0.516. The van der Waals surface area contributed by atoms with Gasteiger partial charge in [-0.05, 0) is 30.7 Å². The second-order valence-corrected chi connectivity index (χ2v) is 4.82. The highest BCUT2D eigenvalue weighted by molar-refractivity contribution is 9.10. The number of nitrogens with two attached hydrogens (primary N) is 1. The van der Waals surface area contributed by atoms with E-state index >= 15 is 0 Å². The van der Waals surface area contributed by atoms with Gasteiger partial charge in [0.25, 0.3) is 0 Å². The van der Waals surface area contributed by atoms with E-state index in [2.05, 4.69) is 26.0 Å². The van der Waals surface area contributed by atoms with Gasteiger partial charge in [-0.2, -0.15) is 5.10 Å². The summed E-state index contributed by atoms with van der Waals surface area (Å²) < 4.78 is 15.8. The first-order valence-electron chi connectivity index (χ1n) is 5.69. The van der Waals surface area contributed by atoms with Gasteiger partial charge in [-0.3, -0.25) is 4.68 Å². The smallest absolute Gasteiger partial charge is 0.138 e. The minimum atomic E-state index is -0.315. The van der Waals surface area contributed by atoms with Gasteiger partial charge >= 0.3 is 0 Å². The fourth-order valence-electron chi connectivity index (χ4n) is 1.82. The summed E-state index contributed by atoms with van der Waals surface area (Å²) in [4.78, 5) is 4.17. The van der Waals surface area contributed by atoms with Crippen molar-refractivity contribution in [3.63, 3.8) is 0 Å². The van der Waals surface area contributed by atoms with E-state index < -0.39 is 0 Å². The number of aromatic nitrogens is 3. The van der Waals surface area contributed by atoms with E-state index in [9.17, 15) is 4.39 Å². The van der Waals surface area contributed by atoms with Crippen molar-refractivity contribution in [2.75, 3.05) is 0 Å². The summed E-state index contributed by atoms with van der Waals surface area (Å²) in [6, 6.07) is 4.19. The topological polar surface area (TPSA) is 56.7 Å². The molecule has 0 fully saturated rings. The molecule has 0 bridgehead atoms. The third-order valence-electron chi connectivity index (χ3n) is 2.76. The molecular weight excluding hydrogens is 299 g/mol. The Bertz CT molecular complexity index is 541. The van der Waals surface area contributed by atoms with Crippen LogP contribution in [0.25, 0.3) is 0 Å². The minimum Gasteiger partial charge on any atom is -0.324 e. The zero-order valence-electron chi connectivity index (χ0n) is 9.98. The number of aryl methyl sites for hydroxylation is 1. The van der Waals surface area contributed by atoms with Crippen LogP contribution in [0.15, 0.2) is 29.0 Å². The lowest BCUT2D eigenvalue weighted by atomic mass is 10.0. The molecule has 0 radical (unpaired) electrons. The molecule has 0 saturated carbocycles. The van der Waals surface area contributed by atoms with Crippen LogP contribution in [0.1, 0.15) is 24.4 Å². The van der Waals surface area contributed by atoms with Gasteiger partial charge in [0, 0.05) is 23.5 Å². The molecule has 2 rings (SSSR count). The van der Waals surface area contributed by atoms with Gasteiger partial charge in [-0.15, -0.1) is 0 Å². The first-order chi connectivity index (χ1) is 8.61. The maximum absolute atomic E-state index is 13.2. The summed E-state index contributed by atoms with van der Waals surface area (Å²) in [5.41, 5.74) is 6.84. The standard InChI is InChI=1S/C12H14BrFN4/c1-2-18-12(16-7-17-18)6-11(15)9-5-8(14)3-4-10(9)13/h3-5,7,11H,2,6,15H2,1H3. The zero-order chi connectivity index (χ0) is 13.1. The van der Waals surface area contributed by atoms with Crippen LogP contribution in [-0.2, 0) is 13.0 Å². The molecule has 2 aromatic rings. The lowest BCUT2D eigenvalue weighted by molar-refractivity contribution is 0.575. The molecule has 6 heteroatoms. The third kappa shape index (κ3) is 2.76. The second kappa shape index (κ2) is 5.58. The van der Waals surface area contributed by atoms with Gasteiger partial charge < -0.3 is 5.73 Å². The molecular formula is C12H14BrFN4. The molecule has 1 aromatic heterocycles.